The maximum atomic E-state index is 3.08. The summed E-state index contributed by atoms with van der Waals surface area (Å²) in [5, 5.41) is 0. The van der Waals surface area contributed by atoms with Gasteiger partial charge in [-0.2, -0.15) is 0 Å². The molecule has 0 saturated carbocycles. The summed E-state index contributed by atoms with van der Waals surface area (Å²) in [7, 11) is 0. The summed E-state index contributed by atoms with van der Waals surface area (Å²) < 4.78 is 0. The summed E-state index contributed by atoms with van der Waals surface area (Å²) in [5.74, 6) is 25.6. The van der Waals surface area contributed by atoms with Gasteiger partial charge in [0.25, 0.3) is 0 Å². The highest BCUT2D eigenvalue weighted by atomic mass is 15.1. The Morgan fingerprint density at radius 3 is 1.80 bits per heavy atom. The van der Waals surface area contributed by atoms with Gasteiger partial charge in [-0.25, -0.2) is 0 Å². The molecular formula is C19H19N. The zero-order valence-electron chi connectivity index (χ0n) is 12.4. The monoisotopic (exact) mass is 261 g/mol. The first-order valence-corrected chi connectivity index (χ1v) is 6.91. The molecule has 0 amide bonds. The third kappa shape index (κ3) is 6.51. The van der Waals surface area contributed by atoms with Crippen molar-refractivity contribution in [2.24, 2.45) is 11.8 Å². The lowest BCUT2D eigenvalue weighted by atomic mass is 9.87. The minimum Gasteiger partial charge on any atom is -0.332 e. The Labute approximate surface area is 123 Å². The lowest BCUT2D eigenvalue weighted by Crippen LogP contribution is -2.31. The van der Waals surface area contributed by atoms with Gasteiger partial charge in [-0.1, -0.05) is 19.8 Å². The molecule has 1 fully saturated rings. The van der Waals surface area contributed by atoms with Crippen LogP contribution in [-0.4, -0.2) is 18.0 Å². The largest absolute Gasteiger partial charge is 0.332 e. The van der Waals surface area contributed by atoms with Gasteiger partial charge in [-0.15, -0.1) is 0 Å². The molecule has 0 radical (unpaired) electrons. The molecule has 0 bridgehead atoms. The minimum atomic E-state index is 0.777. The predicted octanol–water partition coefficient (Wildman–Crippen LogP) is 2.35. The van der Waals surface area contributed by atoms with Crippen LogP contribution >= 0.6 is 0 Å². The number of rotatable bonds is 1. The van der Waals surface area contributed by atoms with Crippen molar-refractivity contribution < 1.29 is 0 Å². The molecule has 1 nitrogen and oxygen atoms in total. The van der Waals surface area contributed by atoms with Crippen LogP contribution < -0.4 is 0 Å². The smallest absolute Gasteiger partial charge is 0.0263 e. The highest BCUT2D eigenvalue weighted by Crippen LogP contribution is 2.23. The molecule has 1 saturated heterocycles. The van der Waals surface area contributed by atoms with E-state index in [-0.39, 0.29) is 0 Å². The molecule has 1 heterocycles. The summed E-state index contributed by atoms with van der Waals surface area (Å²) in [6.07, 6.45) is 2.46. The first-order chi connectivity index (χ1) is 9.74. The topological polar surface area (TPSA) is 3.24 Å². The van der Waals surface area contributed by atoms with E-state index in [1.54, 1.807) is 6.92 Å². The van der Waals surface area contributed by atoms with Crippen molar-refractivity contribution in [1.82, 2.24) is 4.90 Å². The Morgan fingerprint density at radius 2 is 1.30 bits per heavy atom. The lowest BCUT2D eigenvalue weighted by Gasteiger charge is -2.31. The molecule has 0 aromatic rings. The summed E-state index contributed by atoms with van der Waals surface area (Å²) in [6.45, 7) is 8.42. The van der Waals surface area contributed by atoms with Crippen LogP contribution in [0.1, 0.15) is 33.6 Å². The molecule has 0 unspecified atom stereocenters. The molecule has 0 atom stereocenters. The first kappa shape index (κ1) is 15.7. The molecule has 0 aliphatic carbocycles. The Bertz CT molecular complexity index is 604. The van der Waals surface area contributed by atoms with E-state index in [2.05, 4.69) is 78.1 Å². The Hall–Kier alpha value is -2.40. The standard InChI is InChI=1S/C19H19N/c1-4-5-6-7-8-9-10-11-12-15-20-16-13-19(14-17-20)18(2)3/h18-19H,13-14,16-17H2,1-3H3. The summed E-state index contributed by atoms with van der Waals surface area (Å²) in [5.41, 5.74) is 0. The van der Waals surface area contributed by atoms with Crippen LogP contribution in [0.15, 0.2) is 0 Å². The van der Waals surface area contributed by atoms with E-state index in [0.717, 1.165) is 24.9 Å². The second-order valence-electron chi connectivity index (χ2n) is 4.93. The van der Waals surface area contributed by atoms with Gasteiger partial charge in [-0.3, -0.25) is 0 Å². The van der Waals surface area contributed by atoms with Crippen molar-refractivity contribution in [2.75, 3.05) is 13.1 Å². The first-order valence-electron chi connectivity index (χ1n) is 6.91. The molecule has 1 heteroatoms. The van der Waals surface area contributed by atoms with Crippen LogP contribution in [0.25, 0.3) is 0 Å². The van der Waals surface area contributed by atoms with Crippen molar-refractivity contribution in [2.45, 2.75) is 33.6 Å². The zero-order valence-corrected chi connectivity index (χ0v) is 12.4. The van der Waals surface area contributed by atoms with Gasteiger partial charge in [0.15, 0.2) is 0 Å². The maximum Gasteiger partial charge on any atom is 0.0263 e. The average molecular weight is 261 g/mol. The highest BCUT2D eigenvalue weighted by molar-refractivity contribution is 5.42. The fourth-order valence-electron chi connectivity index (χ4n) is 2.03. The van der Waals surface area contributed by atoms with E-state index in [0.29, 0.717) is 0 Å². The van der Waals surface area contributed by atoms with Crippen LogP contribution in [0.5, 0.6) is 0 Å². The maximum absolute atomic E-state index is 3.08. The van der Waals surface area contributed by atoms with Gasteiger partial charge in [0.05, 0.1) is 0 Å². The van der Waals surface area contributed by atoms with E-state index in [4.69, 9.17) is 0 Å². The van der Waals surface area contributed by atoms with Gasteiger partial charge < -0.3 is 4.90 Å². The molecule has 0 spiro atoms. The van der Waals surface area contributed by atoms with Crippen molar-refractivity contribution in [1.29, 1.82) is 0 Å². The van der Waals surface area contributed by atoms with Crippen molar-refractivity contribution in [3.05, 3.63) is 0 Å². The van der Waals surface area contributed by atoms with Crippen LogP contribution in [0.2, 0.25) is 0 Å². The van der Waals surface area contributed by atoms with Gasteiger partial charge >= 0.3 is 0 Å². The number of hydrogen-bond donors (Lipinski definition) is 0. The Balaban J connectivity index is 2.38. The summed E-state index contributed by atoms with van der Waals surface area (Å²) >= 11 is 0. The molecule has 1 aliphatic rings. The van der Waals surface area contributed by atoms with Crippen LogP contribution in [-0.2, 0) is 0 Å². The van der Waals surface area contributed by atoms with Gasteiger partial charge in [0.2, 0.25) is 0 Å². The minimum absolute atomic E-state index is 0.777. The Kier molecular flexibility index (Phi) is 7.45. The van der Waals surface area contributed by atoms with Crippen LogP contribution in [0.4, 0.5) is 0 Å². The van der Waals surface area contributed by atoms with E-state index >= 15 is 0 Å². The van der Waals surface area contributed by atoms with Crippen LogP contribution in [0, 0.1) is 71.2 Å². The fourth-order valence-corrected chi connectivity index (χ4v) is 2.03. The third-order valence-electron chi connectivity index (χ3n) is 3.26. The zero-order chi connectivity index (χ0) is 14.6. The predicted molar refractivity (Wildman–Crippen MR) is 83.7 cm³/mol. The van der Waals surface area contributed by atoms with Gasteiger partial charge in [0.1, 0.15) is 0 Å². The van der Waals surface area contributed by atoms with E-state index in [9.17, 15) is 0 Å². The number of hydrogen-bond acceptors (Lipinski definition) is 1. The lowest BCUT2D eigenvalue weighted by molar-refractivity contribution is 0.212. The third-order valence-corrected chi connectivity index (χ3v) is 3.26. The molecular weight excluding hydrogens is 242 g/mol. The normalized spacial score (nSPS) is 13.1. The Morgan fingerprint density at radius 1 is 0.800 bits per heavy atom. The number of nitrogens with zero attached hydrogens (tertiary/aromatic N) is 1. The molecule has 0 aromatic carbocycles. The van der Waals surface area contributed by atoms with Crippen molar-refractivity contribution >= 4 is 0 Å². The number of piperidine rings is 1. The van der Waals surface area contributed by atoms with E-state index < -0.39 is 0 Å². The van der Waals surface area contributed by atoms with E-state index in [1.807, 2.05) is 0 Å². The molecule has 0 N–H and O–H groups in total. The van der Waals surface area contributed by atoms with Gasteiger partial charge in [-0.05, 0) is 55.3 Å². The second kappa shape index (κ2) is 9.52. The molecule has 0 aromatic heterocycles. The second-order valence-corrected chi connectivity index (χ2v) is 4.93. The molecule has 1 rings (SSSR count). The molecule has 20 heavy (non-hydrogen) atoms. The summed E-state index contributed by atoms with van der Waals surface area (Å²) in [6, 6.07) is 3.08. The highest BCUT2D eigenvalue weighted by Gasteiger charge is 2.19. The van der Waals surface area contributed by atoms with Crippen LogP contribution in [0.3, 0.4) is 0 Å². The SMILES string of the molecule is CC#CC#CC#CC#CC#CN1CCC(C(C)C)CC1. The fraction of sp³-hybridized carbons (Fsp3) is 0.474. The molecule has 100 valence electrons. The average Bonchev–Trinajstić information content (AvgIpc) is 2.46. The van der Waals surface area contributed by atoms with E-state index in [1.165, 1.54) is 12.8 Å². The number of likely N-dealkylation sites (tertiary alicyclic amines) is 1. The quantitative estimate of drug-likeness (QED) is 0.655. The van der Waals surface area contributed by atoms with Crippen molar-refractivity contribution in [3.8, 4) is 59.3 Å². The summed E-state index contributed by atoms with van der Waals surface area (Å²) in [4.78, 5) is 2.15. The van der Waals surface area contributed by atoms with Crippen molar-refractivity contribution in [3.63, 3.8) is 0 Å². The molecule has 1 aliphatic heterocycles. The van der Waals surface area contributed by atoms with Gasteiger partial charge in [0, 0.05) is 42.8 Å².